The minimum atomic E-state index is -4.44. The summed E-state index contributed by atoms with van der Waals surface area (Å²) in [4.78, 5) is 16.8. The van der Waals surface area contributed by atoms with E-state index >= 15 is 0 Å². The first-order chi connectivity index (χ1) is 17.2. The molecule has 0 amide bonds. The Labute approximate surface area is 207 Å². The van der Waals surface area contributed by atoms with E-state index in [0.29, 0.717) is 56.3 Å². The van der Waals surface area contributed by atoms with Gasteiger partial charge >= 0.3 is 12.1 Å². The Bertz CT molecular complexity index is 1180. The molecule has 36 heavy (non-hydrogen) atoms. The van der Waals surface area contributed by atoms with Crippen LogP contribution in [0.15, 0.2) is 52.9 Å². The van der Waals surface area contributed by atoms with Crippen LogP contribution in [0.5, 0.6) is 5.75 Å². The van der Waals surface area contributed by atoms with Crippen LogP contribution in [-0.2, 0) is 33.3 Å². The van der Waals surface area contributed by atoms with Crippen molar-refractivity contribution < 1.29 is 36.6 Å². The molecule has 2 heterocycles. The number of carbonyl (C=O) groups excluding carboxylic acids is 1. The summed E-state index contributed by atoms with van der Waals surface area (Å²) in [7, 11) is 0. The summed E-state index contributed by atoms with van der Waals surface area (Å²) < 4.78 is 61.5. The molecule has 1 aliphatic rings. The molecule has 192 valence electrons. The molecule has 1 aliphatic heterocycles. The quantitative estimate of drug-likeness (QED) is 0.337. The number of alkyl halides is 3. The summed E-state index contributed by atoms with van der Waals surface area (Å²) in [6, 6.07) is 12.3. The SMILES string of the molecule is CCOC(=O)C1(Cc2ccc(OCCc3nc(-c4cccc(C(F)(F)F)c4)oc3C)cc2)CCCO1. The second-order valence-electron chi connectivity index (χ2n) is 8.69. The maximum absolute atomic E-state index is 13.0. The number of hydrogen-bond acceptors (Lipinski definition) is 6. The van der Waals surface area contributed by atoms with Crippen molar-refractivity contribution in [3.05, 3.63) is 71.1 Å². The summed E-state index contributed by atoms with van der Waals surface area (Å²) in [6.07, 6.45) is -2.13. The highest BCUT2D eigenvalue weighted by atomic mass is 19.4. The number of nitrogens with zero attached hydrogens (tertiary/aromatic N) is 1. The van der Waals surface area contributed by atoms with Crippen molar-refractivity contribution in [3.63, 3.8) is 0 Å². The zero-order valence-corrected chi connectivity index (χ0v) is 20.2. The minimum Gasteiger partial charge on any atom is -0.493 e. The van der Waals surface area contributed by atoms with E-state index in [1.165, 1.54) is 12.1 Å². The summed E-state index contributed by atoms with van der Waals surface area (Å²) in [5.74, 6) is 0.996. The third-order valence-electron chi connectivity index (χ3n) is 6.10. The van der Waals surface area contributed by atoms with Crippen molar-refractivity contribution in [2.75, 3.05) is 19.8 Å². The van der Waals surface area contributed by atoms with Crippen molar-refractivity contribution in [1.82, 2.24) is 4.98 Å². The molecule has 4 rings (SSSR count). The lowest BCUT2D eigenvalue weighted by atomic mass is 9.91. The number of oxazole rings is 1. The monoisotopic (exact) mass is 503 g/mol. The minimum absolute atomic E-state index is 0.141. The Kier molecular flexibility index (Phi) is 7.68. The van der Waals surface area contributed by atoms with Crippen LogP contribution in [0.3, 0.4) is 0 Å². The van der Waals surface area contributed by atoms with Gasteiger partial charge in [0, 0.05) is 25.0 Å². The Morgan fingerprint density at radius 3 is 2.61 bits per heavy atom. The third kappa shape index (κ3) is 5.90. The maximum Gasteiger partial charge on any atom is 0.416 e. The molecule has 1 saturated heterocycles. The van der Waals surface area contributed by atoms with Crippen LogP contribution in [0.4, 0.5) is 13.2 Å². The number of hydrogen-bond donors (Lipinski definition) is 0. The number of halogens is 3. The molecule has 0 aliphatic carbocycles. The van der Waals surface area contributed by atoms with Gasteiger partial charge in [0.25, 0.3) is 0 Å². The fourth-order valence-electron chi connectivity index (χ4n) is 4.24. The molecule has 0 N–H and O–H groups in total. The van der Waals surface area contributed by atoms with E-state index in [4.69, 9.17) is 18.6 Å². The molecule has 1 fully saturated rings. The second-order valence-corrected chi connectivity index (χ2v) is 8.69. The topological polar surface area (TPSA) is 70.8 Å². The molecule has 0 bridgehead atoms. The summed E-state index contributed by atoms with van der Waals surface area (Å²) in [5, 5.41) is 0. The molecule has 1 aromatic heterocycles. The highest BCUT2D eigenvalue weighted by Crippen LogP contribution is 2.33. The smallest absolute Gasteiger partial charge is 0.416 e. The zero-order chi connectivity index (χ0) is 25.8. The van der Waals surface area contributed by atoms with Gasteiger partial charge in [-0.1, -0.05) is 18.2 Å². The molecule has 0 radical (unpaired) electrons. The lowest BCUT2D eigenvalue weighted by Gasteiger charge is -2.26. The van der Waals surface area contributed by atoms with Crippen LogP contribution in [0.25, 0.3) is 11.5 Å². The number of carbonyl (C=O) groups is 1. The molecule has 0 spiro atoms. The van der Waals surface area contributed by atoms with E-state index in [2.05, 4.69) is 4.98 Å². The first-order valence-electron chi connectivity index (χ1n) is 11.9. The second kappa shape index (κ2) is 10.7. The molecule has 1 atom stereocenters. The van der Waals surface area contributed by atoms with Gasteiger partial charge in [0.1, 0.15) is 11.5 Å². The number of ether oxygens (including phenoxy) is 3. The standard InChI is InChI=1S/C27H28F3NO5/c1-3-33-25(32)26(13-5-14-35-26)17-19-8-10-22(11-9-19)34-15-12-23-18(2)36-24(31-23)20-6-4-7-21(16-20)27(28,29)30/h4,6-11,16H,3,5,12-15,17H2,1-2H3. The lowest BCUT2D eigenvalue weighted by molar-refractivity contribution is -0.166. The highest BCUT2D eigenvalue weighted by molar-refractivity contribution is 5.80. The van der Waals surface area contributed by atoms with Gasteiger partial charge in [0.2, 0.25) is 5.89 Å². The van der Waals surface area contributed by atoms with Gasteiger partial charge in [-0.15, -0.1) is 0 Å². The number of rotatable bonds is 9. The van der Waals surface area contributed by atoms with E-state index in [0.717, 1.165) is 24.1 Å². The Morgan fingerprint density at radius 2 is 1.94 bits per heavy atom. The van der Waals surface area contributed by atoms with Crippen LogP contribution in [0.1, 0.15) is 42.3 Å². The van der Waals surface area contributed by atoms with Crippen molar-refractivity contribution in [2.45, 2.75) is 51.3 Å². The van der Waals surface area contributed by atoms with Crippen molar-refractivity contribution in [3.8, 4) is 17.2 Å². The molecule has 2 aromatic carbocycles. The van der Waals surface area contributed by atoms with E-state index in [1.54, 1.807) is 13.8 Å². The molecule has 6 nitrogen and oxygen atoms in total. The van der Waals surface area contributed by atoms with Crippen LogP contribution < -0.4 is 4.74 Å². The van der Waals surface area contributed by atoms with Crippen LogP contribution in [-0.4, -0.2) is 36.4 Å². The fraction of sp³-hybridized carbons (Fsp3) is 0.407. The van der Waals surface area contributed by atoms with Crippen LogP contribution in [0, 0.1) is 6.92 Å². The van der Waals surface area contributed by atoms with Gasteiger partial charge in [0.15, 0.2) is 5.60 Å². The van der Waals surface area contributed by atoms with Gasteiger partial charge < -0.3 is 18.6 Å². The molecule has 0 saturated carbocycles. The normalized spacial score (nSPS) is 17.8. The largest absolute Gasteiger partial charge is 0.493 e. The average molecular weight is 504 g/mol. The predicted octanol–water partition coefficient (Wildman–Crippen LogP) is 5.95. The fourth-order valence-corrected chi connectivity index (χ4v) is 4.24. The summed E-state index contributed by atoms with van der Waals surface area (Å²) >= 11 is 0. The lowest BCUT2D eigenvalue weighted by Crippen LogP contribution is -2.41. The van der Waals surface area contributed by atoms with Crippen LogP contribution in [0.2, 0.25) is 0 Å². The van der Waals surface area contributed by atoms with E-state index in [-0.39, 0.29) is 17.4 Å². The molecule has 9 heteroatoms. The predicted molar refractivity (Wildman–Crippen MR) is 126 cm³/mol. The first kappa shape index (κ1) is 25.8. The van der Waals surface area contributed by atoms with E-state index < -0.39 is 17.3 Å². The van der Waals surface area contributed by atoms with Crippen molar-refractivity contribution >= 4 is 5.97 Å². The van der Waals surface area contributed by atoms with Gasteiger partial charge in [-0.05, 0) is 62.6 Å². The Balaban J connectivity index is 1.35. The average Bonchev–Trinajstić information content (AvgIpc) is 3.47. The van der Waals surface area contributed by atoms with Gasteiger partial charge in [0.05, 0.1) is 24.5 Å². The molecule has 1 unspecified atom stereocenters. The van der Waals surface area contributed by atoms with Crippen molar-refractivity contribution in [1.29, 1.82) is 0 Å². The zero-order valence-electron chi connectivity index (χ0n) is 20.2. The number of aromatic nitrogens is 1. The number of aryl methyl sites for hydroxylation is 1. The Morgan fingerprint density at radius 1 is 1.17 bits per heavy atom. The molecule has 3 aromatic rings. The number of esters is 1. The van der Waals surface area contributed by atoms with Crippen LogP contribution >= 0.6 is 0 Å². The molecular formula is C27H28F3NO5. The van der Waals surface area contributed by atoms with Crippen molar-refractivity contribution in [2.24, 2.45) is 0 Å². The third-order valence-corrected chi connectivity index (χ3v) is 6.10. The molecular weight excluding hydrogens is 475 g/mol. The van der Waals surface area contributed by atoms with Gasteiger partial charge in [-0.25, -0.2) is 9.78 Å². The van der Waals surface area contributed by atoms with E-state index in [1.807, 2.05) is 24.3 Å². The van der Waals surface area contributed by atoms with Gasteiger partial charge in [-0.3, -0.25) is 0 Å². The maximum atomic E-state index is 13.0. The first-order valence-corrected chi connectivity index (χ1v) is 11.9. The Hall–Kier alpha value is -3.33. The highest BCUT2D eigenvalue weighted by Gasteiger charge is 2.44. The van der Waals surface area contributed by atoms with E-state index in [9.17, 15) is 18.0 Å². The van der Waals surface area contributed by atoms with Gasteiger partial charge in [-0.2, -0.15) is 13.2 Å². The number of benzene rings is 2. The summed E-state index contributed by atoms with van der Waals surface area (Å²) in [5.41, 5.74) is 0.142. The summed E-state index contributed by atoms with van der Waals surface area (Å²) in [6.45, 7) is 4.66.